The Balaban J connectivity index is 2.47. The van der Waals surface area contributed by atoms with Crippen LogP contribution in [0.15, 0.2) is 12.2 Å². The lowest BCUT2D eigenvalue weighted by molar-refractivity contribution is -0.145. The lowest BCUT2D eigenvalue weighted by Crippen LogP contribution is -2.23. The van der Waals surface area contributed by atoms with Crippen molar-refractivity contribution < 1.29 is 9.53 Å². The van der Waals surface area contributed by atoms with Crippen molar-refractivity contribution in [1.82, 2.24) is 0 Å². The maximum absolute atomic E-state index is 11.5. The van der Waals surface area contributed by atoms with Gasteiger partial charge in [0.15, 0.2) is 0 Å². The lowest BCUT2D eigenvalue weighted by Gasteiger charge is -2.29. The summed E-state index contributed by atoms with van der Waals surface area (Å²) in [6, 6.07) is 0. The molecule has 0 heterocycles. The third-order valence-corrected chi connectivity index (χ3v) is 3.11. The average molecular weight is 210 g/mol. The highest BCUT2D eigenvalue weighted by Gasteiger charge is 2.27. The molecular weight excluding hydrogens is 188 g/mol. The average Bonchev–Trinajstić information content (AvgIpc) is 2.13. The van der Waals surface area contributed by atoms with E-state index in [1.165, 1.54) is 6.42 Å². The van der Waals surface area contributed by atoms with Crippen LogP contribution in [0.4, 0.5) is 0 Å². The van der Waals surface area contributed by atoms with E-state index >= 15 is 0 Å². The monoisotopic (exact) mass is 210 g/mol. The van der Waals surface area contributed by atoms with Crippen molar-refractivity contribution in [2.24, 2.45) is 5.41 Å². The predicted octanol–water partition coefficient (Wildman–Crippen LogP) is 3.47. The number of hydrogen-bond donors (Lipinski definition) is 0. The summed E-state index contributed by atoms with van der Waals surface area (Å²) >= 11 is 0. The fraction of sp³-hybridized carbons (Fsp3) is 0.769. The predicted molar refractivity (Wildman–Crippen MR) is 61.6 cm³/mol. The molecule has 0 saturated carbocycles. The van der Waals surface area contributed by atoms with Gasteiger partial charge in [0.25, 0.3) is 0 Å². The van der Waals surface area contributed by atoms with Crippen molar-refractivity contribution in [2.45, 2.75) is 52.4 Å². The van der Waals surface area contributed by atoms with E-state index in [0.29, 0.717) is 13.0 Å². The van der Waals surface area contributed by atoms with Gasteiger partial charge in [-0.3, -0.25) is 4.79 Å². The van der Waals surface area contributed by atoms with Gasteiger partial charge in [-0.25, -0.2) is 0 Å². The number of allylic oxidation sites excluding steroid dienone is 2. The summed E-state index contributed by atoms with van der Waals surface area (Å²) in [5, 5.41) is 0. The first kappa shape index (κ1) is 12.3. The van der Waals surface area contributed by atoms with Gasteiger partial charge in [-0.15, -0.1) is 0 Å². The van der Waals surface area contributed by atoms with Crippen molar-refractivity contribution in [2.75, 3.05) is 6.61 Å². The van der Waals surface area contributed by atoms with Crippen LogP contribution >= 0.6 is 0 Å². The molecule has 1 aliphatic carbocycles. The standard InChI is InChI=1S/C13H22O2/c1-3-15-12(14)11-13(2)9-7-5-4-6-8-10-13/h4-5H,3,6-11H2,1-2H3/b5-4+. The second kappa shape index (κ2) is 5.94. The lowest BCUT2D eigenvalue weighted by atomic mass is 9.77. The Bertz CT molecular complexity index is 233. The van der Waals surface area contributed by atoms with Crippen LogP contribution in [0.5, 0.6) is 0 Å². The quantitative estimate of drug-likeness (QED) is 0.526. The van der Waals surface area contributed by atoms with E-state index in [2.05, 4.69) is 19.1 Å². The van der Waals surface area contributed by atoms with Crippen molar-refractivity contribution in [1.29, 1.82) is 0 Å². The Morgan fingerprint density at radius 3 is 2.80 bits per heavy atom. The molecule has 0 aromatic carbocycles. The first-order valence-corrected chi connectivity index (χ1v) is 5.97. The van der Waals surface area contributed by atoms with Gasteiger partial charge in [-0.05, 0) is 44.4 Å². The number of esters is 1. The van der Waals surface area contributed by atoms with Gasteiger partial charge in [-0.1, -0.05) is 19.1 Å². The molecule has 0 aliphatic heterocycles. The third kappa shape index (κ3) is 4.50. The summed E-state index contributed by atoms with van der Waals surface area (Å²) in [5.74, 6) is -0.0375. The van der Waals surface area contributed by atoms with Gasteiger partial charge >= 0.3 is 5.97 Å². The first-order valence-electron chi connectivity index (χ1n) is 5.97. The number of carbonyl (C=O) groups excluding carboxylic acids is 1. The summed E-state index contributed by atoms with van der Waals surface area (Å²) in [6.07, 6.45) is 10.7. The van der Waals surface area contributed by atoms with Crippen molar-refractivity contribution >= 4 is 5.97 Å². The van der Waals surface area contributed by atoms with Crippen molar-refractivity contribution in [3.63, 3.8) is 0 Å². The van der Waals surface area contributed by atoms with Crippen LogP contribution in [0, 0.1) is 5.41 Å². The molecule has 86 valence electrons. The third-order valence-electron chi connectivity index (χ3n) is 3.11. The van der Waals surface area contributed by atoms with Gasteiger partial charge < -0.3 is 4.74 Å². The molecule has 0 amide bonds. The summed E-state index contributed by atoms with van der Waals surface area (Å²) in [6.45, 7) is 4.57. The van der Waals surface area contributed by atoms with Crippen LogP contribution in [0.3, 0.4) is 0 Å². The summed E-state index contributed by atoms with van der Waals surface area (Å²) in [5.41, 5.74) is 0.150. The Hall–Kier alpha value is -0.790. The normalized spacial score (nSPS) is 28.9. The molecule has 0 aromatic heterocycles. The molecule has 1 atom stereocenters. The van der Waals surface area contributed by atoms with E-state index in [-0.39, 0.29) is 11.4 Å². The molecule has 0 spiro atoms. The minimum Gasteiger partial charge on any atom is -0.466 e. The molecule has 0 radical (unpaired) electrons. The largest absolute Gasteiger partial charge is 0.466 e. The SMILES string of the molecule is CCOC(=O)CC1(C)CC/C=C/CCC1. The molecule has 0 bridgehead atoms. The molecule has 2 heteroatoms. The van der Waals surface area contributed by atoms with Crippen molar-refractivity contribution in [3.05, 3.63) is 12.2 Å². The van der Waals surface area contributed by atoms with E-state index in [4.69, 9.17) is 4.74 Å². The van der Waals surface area contributed by atoms with Crippen LogP contribution in [0.2, 0.25) is 0 Å². The molecule has 1 unspecified atom stereocenters. The fourth-order valence-electron chi connectivity index (χ4n) is 2.18. The number of rotatable bonds is 3. The Morgan fingerprint density at radius 2 is 2.07 bits per heavy atom. The number of ether oxygens (including phenoxy) is 1. The molecule has 1 aliphatic rings. The Morgan fingerprint density at radius 1 is 1.33 bits per heavy atom. The van der Waals surface area contributed by atoms with Crippen LogP contribution in [0.25, 0.3) is 0 Å². The number of carbonyl (C=O) groups is 1. The van der Waals surface area contributed by atoms with Gasteiger partial charge in [0.2, 0.25) is 0 Å². The van der Waals surface area contributed by atoms with Crippen molar-refractivity contribution in [3.8, 4) is 0 Å². The highest BCUT2D eigenvalue weighted by Crippen LogP contribution is 2.35. The molecule has 1 rings (SSSR count). The van der Waals surface area contributed by atoms with Gasteiger partial charge in [0.1, 0.15) is 0 Å². The maximum atomic E-state index is 11.5. The zero-order chi connectivity index (χ0) is 11.1. The summed E-state index contributed by atoms with van der Waals surface area (Å²) in [7, 11) is 0. The minimum absolute atomic E-state index is 0.0375. The van der Waals surface area contributed by atoms with Gasteiger partial charge in [-0.2, -0.15) is 0 Å². The highest BCUT2D eigenvalue weighted by molar-refractivity contribution is 5.70. The second-order valence-electron chi connectivity index (χ2n) is 4.69. The summed E-state index contributed by atoms with van der Waals surface area (Å²) in [4.78, 5) is 11.5. The Labute approximate surface area is 92.7 Å². The zero-order valence-corrected chi connectivity index (χ0v) is 9.92. The van der Waals surface area contributed by atoms with E-state index in [9.17, 15) is 4.79 Å². The number of hydrogen-bond acceptors (Lipinski definition) is 2. The van der Waals surface area contributed by atoms with E-state index < -0.39 is 0 Å². The first-order chi connectivity index (χ1) is 7.16. The topological polar surface area (TPSA) is 26.3 Å². The molecule has 15 heavy (non-hydrogen) atoms. The Kier molecular flexibility index (Phi) is 4.86. The van der Waals surface area contributed by atoms with Gasteiger partial charge in [0, 0.05) is 0 Å². The highest BCUT2D eigenvalue weighted by atomic mass is 16.5. The smallest absolute Gasteiger partial charge is 0.306 e. The zero-order valence-electron chi connectivity index (χ0n) is 9.92. The van der Waals surface area contributed by atoms with Crippen LogP contribution < -0.4 is 0 Å². The van der Waals surface area contributed by atoms with Crippen LogP contribution in [0.1, 0.15) is 52.4 Å². The van der Waals surface area contributed by atoms with E-state index in [1.54, 1.807) is 0 Å². The van der Waals surface area contributed by atoms with Crippen LogP contribution in [-0.2, 0) is 9.53 Å². The van der Waals surface area contributed by atoms with E-state index in [0.717, 1.165) is 25.7 Å². The molecule has 0 saturated heterocycles. The molecule has 0 fully saturated rings. The summed E-state index contributed by atoms with van der Waals surface area (Å²) < 4.78 is 5.02. The minimum atomic E-state index is -0.0375. The second-order valence-corrected chi connectivity index (χ2v) is 4.69. The fourth-order valence-corrected chi connectivity index (χ4v) is 2.18. The van der Waals surface area contributed by atoms with E-state index in [1.807, 2.05) is 6.92 Å². The molecule has 0 aromatic rings. The maximum Gasteiger partial charge on any atom is 0.306 e. The molecule has 0 N–H and O–H groups in total. The van der Waals surface area contributed by atoms with Gasteiger partial charge in [0.05, 0.1) is 13.0 Å². The van der Waals surface area contributed by atoms with Crippen LogP contribution in [-0.4, -0.2) is 12.6 Å². The molecular formula is C13H22O2. The molecule has 2 nitrogen and oxygen atoms in total.